The average Bonchev–Trinajstić information content (AvgIpc) is 2.70. The lowest BCUT2D eigenvalue weighted by Crippen LogP contribution is -2.38. The highest BCUT2D eigenvalue weighted by molar-refractivity contribution is 6.32. The number of halogens is 1. The van der Waals surface area contributed by atoms with Crippen molar-refractivity contribution in [3.8, 4) is 11.5 Å². The fourth-order valence-corrected chi connectivity index (χ4v) is 3.89. The highest BCUT2D eigenvalue weighted by Crippen LogP contribution is 2.41. The summed E-state index contributed by atoms with van der Waals surface area (Å²) in [5.74, 6) is -0.955. The summed E-state index contributed by atoms with van der Waals surface area (Å²) in [5, 5.41) is 20.0. The summed E-state index contributed by atoms with van der Waals surface area (Å²) >= 11 is 6.00. The lowest BCUT2D eigenvalue weighted by atomic mass is 9.90. The molecule has 28 heavy (non-hydrogen) atoms. The summed E-state index contributed by atoms with van der Waals surface area (Å²) in [6, 6.07) is 11.9. The first-order chi connectivity index (χ1) is 13.5. The molecule has 142 valence electrons. The molecule has 0 spiro atoms. The van der Waals surface area contributed by atoms with E-state index in [-0.39, 0.29) is 34.0 Å². The van der Waals surface area contributed by atoms with Crippen LogP contribution in [-0.2, 0) is 6.42 Å². The minimum atomic E-state index is -0.377. The zero-order chi connectivity index (χ0) is 19.8. The fourth-order valence-electron chi connectivity index (χ4n) is 3.73. The van der Waals surface area contributed by atoms with E-state index in [9.17, 15) is 15.0 Å². The largest absolute Gasteiger partial charge is 0.507 e. The number of rotatable bonds is 2. The average molecular weight is 395 g/mol. The van der Waals surface area contributed by atoms with Gasteiger partial charge in [-0.05, 0) is 49.1 Å². The molecular formula is C22H19ClN2O3. The fraction of sp³-hybridized carbons (Fsp3) is 0.182. The monoisotopic (exact) mass is 394 g/mol. The topological polar surface area (TPSA) is 73.7 Å². The van der Waals surface area contributed by atoms with Crippen LogP contribution in [0.25, 0.3) is 0 Å². The summed E-state index contributed by atoms with van der Waals surface area (Å²) < 4.78 is 0. The predicted molar refractivity (Wildman–Crippen MR) is 108 cm³/mol. The number of aromatic hydroxyl groups is 2. The molecule has 0 bridgehead atoms. The van der Waals surface area contributed by atoms with Crippen LogP contribution in [0.1, 0.15) is 39.5 Å². The Morgan fingerprint density at radius 1 is 1.18 bits per heavy atom. The number of benzene rings is 2. The normalized spacial score (nSPS) is 15.9. The van der Waals surface area contributed by atoms with Gasteiger partial charge in [-0.15, -0.1) is 0 Å². The molecule has 2 heterocycles. The molecule has 1 atom stereocenters. The lowest BCUT2D eigenvalue weighted by molar-refractivity contribution is 0.0970. The zero-order valence-electron chi connectivity index (χ0n) is 15.3. The van der Waals surface area contributed by atoms with Crippen molar-refractivity contribution >= 4 is 23.2 Å². The molecule has 1 unspecified atom stereocenters. The Hall–Kier alpha value is -3.05. The summed E-state index contributed by atoms with van der Waals surface area (Å²) in [5.41, 5.74) is 3.98. The highest BCUT2D eigenvalue weighted by Gasteiger charge is 2.34. The first-order valence-corrected chi connectivity index (χ1v) is 9.38. The number of carbonyl (C=O) groups is 1. The number of carbonyl (C=O) groups excluding carboxylic acids is 1. The van der Waals surface area contributed by atoms with Gasteiger partial charge in [-0.3, -0.25) is 9.78 Å². The van der Waals surface area contributed by atoms with Gasteiger partial charge in [0.25, 0.3) is 5.91 Å². The maximum absolute atomic E-state index is 13.5. The second-order valence-electron chi connectivity index (χ2n) is 6.97. The molecular weight excluding hydrogens is 376 g/mol. The number of pyridine rings is 1. The predicted octanol–water partition coefficient (Wildman–Crippen LogP) is 4.79. The third-order valence-corrected chi connectivity index (χ3v) is 5.38. The first-order valence-electron chi connectivity index (χ1n) is 9.00. The molecule has 0 fully saturated rings. The van der Waals surface area contributed by atoms with E-state index in [0.717, 1.165) is 41.3 Å². The third-order valence-electron chi connectivity index (χ3n) is 5.08. The van der Waals surface area contributed by atoms with Gasteiger partial charge < -0.3 is 15.1 Å². The van der Waals surface area contributed by atoms with Crippen LogP contribution in [0.15, 0.2) is 54.9 Å². The van der Waals surface area contributed by atoms with Crippen molar-refractivity contribution in [2.75, 3.05) is 4.90 Å². The van der Waals surface area contributed by atoms with E-state index < -0.39 is 0 Å². The Labute approximate surface area is 167 Å². The molecule has 2 aromatic carbocycles. The molecule has 6 heteroatoms. The summed E-state index contributed by atoms with van der Waals surface area (Å²) in [4.78, 5) is 19.4. The van der Waals surface area contributed by atoms with Crippen LogP contribution in [-0.4, -0.2) is 21.1 Å². The summed E-state index contributed by atoms with van der Waals surface area (Å²) in [6.45, 7) is 2.02. The van der Waals surface area contributed by atoms with Crippen molar-refractivity contribution in [1.29, 1.82) is 0 Å². The maximum Gasteiger partial charge on any atom is 0.262 e. The van der Waals surface area contributed by atoms with Crippen molar-refractivity contribution < 1.29 is 15.0 Å². The van der Waals surface area contributed by atoms with E-state index >= 15 is 0 Å². The number of anilines is 1. The van der Waals surface area contributed by atoms with Crippen LogP contribution in [0.2, 0.25) is 5.02 Å². The zero-order valence-corrected chi connectivity index (χ0v) is 16.0. The molecule has 1 aliphatic heterocycles. The van der Waals surface area contributed by atoms with E-state index in [2.05, 4.69) is 11.1 Å². The second-order valence-corrected chi connectivity index (χ2v) is 7.38. The Morgan fingerprint density at radius 2 is 2.00 bits per heavy atom. The number of aromatic nitrogens is 1. The minimum absolute atomic E-state index is 0.0141. The van der Waals surface area contributed by atoms with Crippen molar-refractivity contribution in [2.24, 2.45) is 0 Å². The smallest absolute Gasteiger partial charge is 0.262 e. The van der Waals surface area contributed by atoms with Crippen LogP contribution in [0.4, 0.5) is 5.69 Å². The van der Waals surface area contributed by atoms with E-state index in [4.69, 9.17) is 11.6 Å². The molecule has 1 amide bonds. The van der Waals surface area contributed by atoms with Crippen LogP contribution < -0.4 is 4.90 Å². The Bertz CT molecular complexity index is 1050. The molecule has 3 aromatic rings. The highest BCUT2D eigenvalue weighted by atomic mass is 35.5. The van der Waals surface area contributed by atoms with Gasteiger partial charge in [0.1, 0.15) is 11.5 Å². The molecule has 2 N–H and O–H groups in total. The molecule has 4 rings (SSSR count). The van der Waals surface area contributed by atoms with Gasteiger partial charge >= 0.3 is 0 Å². The van der Waals surface area contributed by atoms with Crippen LogP contribution in [0, 0.1) is 6.92 Å². The van der Waals surface area contributed by atoms with Crippen LogP contribution in [0.5, 0.6) is 11.5 Å². The van der Waals surface area contributed by atoms with E-state index in [1.165, 1.54) is 6.07 Å². The van der Waals surface area contributed by atoms with Crippen molar-refractivity contribution in [2.45, 2.75) is 25.8 Å². The number of amides is 1. The van der Waals surface area contributed by atoms with Crippen LogP contribution >= 0.6 is 11.6 Å². The molecule has 0 saturated heterocycles. The number of hydrogen-bond acceptors (Lipinski definition) is 4. The number of phenols is 2. The van der Waals surface area contributed by atoms with Gasteiger partial charge in [0.05, 0.1) is 16.6 Å². The van der Waals surface area contributed by atoms with Gasteiger partial charge in [-0.2, -0.15) is 0 Å². The molecule has 0 saturated carbocycles. The quantitative estimate of drug-likeness (QED) is 0.655. The third kappa shape index (κ3) is 3.18. The van der Waals surface area contributed by atoms with Gasteiger partial charge in [-0.1, -0.05) is 35.4 Å². The molecule has 1 aromatic heterocycles. The Morgan fingerprint density at radius 3 is 2.75 bits per heavy atom. The maximum atomic E-state index is 13.5. The van der Waals surface area contributed by atoms with Gasteiger partial charge in [0, 0.05) is 24.1 Å². The molecule has 0 radical (unpaired) electrons. The summed E-state index contributed by atoms with van der Waals surface area (Å²) in [7, 11) is 0. The number of hydrogen-bond donors (Lipinski definition) is 2. The SMILES string of the molecule is Cc1ccc2c(c1)CCC(c1cccnc1)N2C(=O)c1cc(Cl)c(O)cc1O. The number of fused-ring (bicyclic) bond motifs is 1. The molecule has 5 nitrogen and oxygen atoms in total. The van der Waals surface area contributed by atoms with E-state index in [1.54, 1.807) is 17.3 Å². The van der Waals surface area contributed by atoms with Crippen molar-refractivity contribution in [1.82, 2.24) is 4.98 Å². The standard InChI is InChI=1S/C22H19ClN2O3/c1-13-4-6-18-14(9-13)5-7-19(15-3-2-8-24-12-15)25(18)22(28)16-10-17(23)21(27)11-20(16)26/h2-4,6,8-12,19,26-27H,5,7H2,1H3. The lowest BCUT2D eigenvalue weighted by Gasteiger charge is -2.38. The van der Waals surface area contributed by atoms with Crippen molar-refractivity contribution in [3.63, 3.8) is 0 Å². The molecule has 0 aliphatic carbocycles. The number of aryl methyl sites for hydroxylation is 2. The van der Waals surface area contributed by atoms with Crippen LogP contribution in [0.3, 0.4) is 0 Å². The van der Waals surface area contributed by atoms with Crippen molar-refractivity contribution in [3.05, 3.63) is 82.1 Å². The number of phenolic OH excluding ortho intramolecular Hbond substituents is 2. The summed E-state index contributed by atoms with van der Waals surface area (Å²) in [6.07, 6.45) is 5.03. The second kappa shape index (κ2) is 7.17. The minimum Gasteiger partial charge on any atom is -0.507 e. The van der Waals surface area contributed by atoms with E-state index in [0.29, 0.717) is 0 Å². The van der Waals surface area contributed by atoms with Gasteiger partial charge in [0.2, 0.25) is 0 Å². The van der Waals surface area contributed by atoms with E-state index in [1.807, 2.05) is 31.2 Å². The Kier molecular flexibility index (Phi) is 4.69. The van der Waals surface area contributed by atoms with Gasteiger partial charge in [-0.25, -0.2) is 0 Å². The first kappa shape index (κ1) is 18.3. The van der Waals surface area contributed by atoms with Gasteiger partial charge in [0.15, 0.2) is 0 Å². The Balaban J connectivity index is 1.86. The number of nitrogens with zero attached hydrogens (tertiary/aromatic N) is 2. The molecule has 1 aliphatic rings.